The Kier molecular flexibility index (Phi) is 3.77. The maximum atomic E-state index is 11.4. The molecule has 6 heteroatoms. The Bertz CT molecular complexity index is 469. The molecule has 1 unspecified atom stereocenters. The van der Waals surface area contributed by atoms with Crippen molar-refractivity contribution in [3.63, 3.8) is 0 Å². The summed E-state index contributed by atoms with van der Waals surface area (Å²) >= 11 is 0. The Balaban J connectivity index is 3.05. The number of nitrogen functional groups attached to an aromatic ring is 1. The van der Waals surface area contributed by atoms with Crippen LogP contribution in [0.1, 0.15) is 6.92 Å². The first-order chi connectivity index (χ1) is 7.32. The number of benzene rings is 1. The van der Waals surface area contributed by atoms with E-state index in [1.807, 2.05) is 0 Å². The van der Waals surface area contributed by atoms with E-state index < -0.39 is 15.9 Å². The standard InChI is InChI=1S/C10H16N2O3S/c1-7(13)6-12-8-4-3-5-9(10(8)11)16(2,14)15/h3-5,7,12-13H,6,11H2,1-2H3. The summed E-state index contributed by atoms with van der Waals surface area (Å²) in [4.78, 5) is 0.100. The van der Waals surface area contributed by atoms with E-state index in [1.165, 1.54) is 6.07 Å². The molecule has 0 saturated carbocycles. The molecule has 0 spiro atoms. The molecule has 1 aromatic rings. The molecule has 1 atom stereocenters. The fourth-order valence-corrected chi connectivity index (χ4v) is 2.11. The van der Waals surface area contributed by atoms with Crippen molar-refractivity contribution in [2.45, 2.75) is 17.9 Å². The van der Waals surface area contributed by atoms with Crippen LogP contribution in [0.15, 0.2) is 23.1 Å². The SMILES string of the molecule is CC(O)CNc1cccc(S(C)(=O)=O)c1N. The first-order valence-corrected chi connectivity index (χ1v) is 6.72. The van der Waals surface area contributed by atoms with Crippen LogP contribution in [0.2, 0.25) is 0 Å². The largest absolute Gasteiger partial charge is 0.396 e. The van der Waals surface area contributed by atoms with Crippen molar-refractivity contribution < 1.29 is 13.5 Å². The molecule has 0 saturated heterocycles. The van der Waals surface area contributed by atoms with E-state index in [-0.39, 0.29) is 10.6 Å². The Hall–Kier alpha value is -1.27. The highest BCUT2D eigenvalue weighted by Crippen LogP contribution is 2.26. The summed E-state index contributed by atoms with van der Waals surface area (Å²) in [5.74, 6) is 0. The molecule has 0 aliphatic rings. The first-order valence-electron chi connectivity index (χ1n) is 4.83. The fraction of sp³-hybridized carbons (Fsp3) is 0.400. The molecular weight excluding hydrogens is 228 g/mol. The van der Waals surface area contributed by atoms with Crippen LogP contribution in [0, 0.1) is 0 Å². The van der Waals surface area contributed by atoms with Crippen molar-refractivity contribution in [2.24, 2.45) is 0 Å². The minimum absolute atomic E-state index is 0.100. The predicted octanol–water partition coefficient (Wildman–Crippen LogP) is 0.465. The summed E-state index contributed by atoms with van der Waals surface area (Å²) in [5.41, 5.74) is 6.44. The lowest BCUT2D eigenvalue weighted by Gasteiger charge is -2.13. The average molecular weight is 244 g/mol. The highest BCUT2D eigenvalue weighted by Gasteiger charge is 2.13. The van der Waals surface area contributed by atoms with Crippen LogP contribution in [-0.2, 0) is 9.84 Å². The fourth-order valence-electron chi connectivity index (χ4n) is 1.28. The lowest BCUT2D eigenvalue weighted by Crippen LogP contribution is -2.16. The summed E-state index contributed by atoms with van der Waals surface area (Å²) in [5, 5.41) is 12.0. The second-order valence-electron chi connectivity index (χ2n) is 3.72. The number of hydrogen-bond donors (Lipinski definition) is 3. The third kappa shape index (κ3) is 3.11. The van der Waals surface area contributed by atoms with Gasteiger partial charge in [0.1, 0.15) is 0 Å². The van der Waals surface area contributed by atoms with Crippen molar-refractivity contribution in [3.05, 3.63) is 18.2 Å². The number of aliphatic hydroxyl groups excluding tert-OH is 1. The van der Waals surface area contributed by atoms with Gasteiger partial charge in [0, 0.05) is 12.8 Å². The van der Waals surface area contributed by atoms with E-state index in [0.29, 0.717) is 12.2 Å². The second kappa shape index (κ2) is 4.71. The van der Waals surface area contributed by atoms with Gasteiger partial charge in [0.2, 0.25) is 0 Å². The minimum Gasteiger partial charge on any atom is -0.396 e. The van der Waals surface area contributed by atoms with Crippen molar-refractivity contribution >= 4 is 21.2 Å². The maximum absolute atomic E-state index is 11.4. The van der Waals surface area contributed by atoms with Crippen LogP contribution in [-0.4, -0.2) is 32.4 Å². The highest BCUT2D eigenvalue weighted by atomic mass is 32.2. The van der Waals surface area contributed by atoms with Gasteiger partial charge in [-0.15, -0.1) is 0 Å². The van der Waals surface area contributed by atoms with Crippen molar-refractivity contribution in [3.8, 4) is 0 Å². The molecule has 4 N–H and O–H groups in total. The molecule has 16 heavy (non-hydrogen) atoms. The van der Waals surface area contributed by atoms with Gasteiger partial charge in [-0.2, -0.15) is 0 Å². The molecule has 0 aromatic heterocycles. The molecule has 0 amide bonds. The summed E-state index contributed by atoms with van der Waals surface area (Å²) in [6.45, 7) is 1.95. The Morgan fingerprint density at radius 1 is 1.50 bits per heavy atom. The molecule has 0 heterocycles. The zero-order valence-electron chi connectivity index (χ0n) is 9.27. The Morgan fingerprint density at radius 3 is 2.62 bits per heavy atom. The quantitative estimate of drug-likeness (QED) is 0.669. The molecule has 5 nitrogen and oxygen atoms in total. The van der Waals surface area contributed by atoms with Gasteiger partial charge in [-0.3, -0.25) is 0 Å². The number of sulfone groups is 1. The summed E-state index contributed by atoms with van der Waals surface area (Å²) < 4.78 is 22.8. The highest BCUT2D eigenvalue weighted by molar-refractivity contribution is 7.90. The van der Waals surface area contributed by atoms with E-state index in [9.17, 15) is 8.42 Å². The van der Waals surface area contributed by atoms with Crippen LogP contribution >= 0.6 is 0 Å². The maximum Gasteiger partial charge on any atom is 0.177 e. The second-order valence-corrected chi connectivity index (χ2v) is 5.70. The molecule has 90 valence electrons. The zero-order chi connectivity index (χ0) is 12.3. The molecule has 0 aliphatic heterocycles. The van der Waals surface area contributed by atoms with Crippen LogP contribution < -0.4 is 11.1 Å². The Morgan fingerprint density at radius 2 is 2.12 bits per heavy atom. The molecular formula is C10H16N2O3S. The number of anilines is 2. The third-order valence-corrected chi connectivity index (χ3v) is 3.21. The smallest absolute Gasteiger partial charge is 0.177 e. The van der Waals surface area contributed by atoms with Gasteiger partial charge >= 0.3 is 0 Å². The lowest BCUT2D eigenvalue weighted by atomic mass is 10.2. The number of nitrogens with two attached hydrogens (primary N) is 1. The number of rotatable bonds is 4. The number of nitrogens with one attached hydrogen (secondary N) is 1. The van der Waals surface area contributed by atoms with E-state index in [0.717, 1.165) is 6.26 Å². The van der Waals surface area contributed by atoms with Gasteiger partial charge in [-0.05, 0) is 19.1 Å². The van der Waals surface area contributed by atoms with Crippen LogP contribution in [0.3, 0.4) is 0 Å². The lowest BCUT2D eigenvalue weighted by molar-refractivity contribution is 0.208. The summed E-state index contributed by atoms with van der Waals surface area (Å²) in [7, 11) is -3.32. The molecule has 0 radical (unpaired) electrons. The van der Waals surface area contributed by atoms with Crippen molar-refractivity contribution in [2.75, 3.05) is 23.9 Å². The van der Waals surface area contributed by atoms with Gasteiger partial charge < -0.3 is 16.2 Å². The van der Waals surface area contributed by atoms with E-state index in [4.69, 9.17) is 10.8 Å². The van der Waals surface area contributed by atoms with Gasteiger partial charge in [0.25, 0.3) is 0 Å². The molecule has 0 bridgehead atoms. The number of para-hydroxylation sites is 1. The predicted molar refractivity (Wildman–Crippen MR) is 64.1 cm³/mol. The van der Waals surface area contributed by atoms with Crippen molar-refractivity contribution in [1.82, 2.24) is 0 Å². The van der Waals surface area contributed by atoms with Gasteiger partial charge in [-0.25, -0.2) is 8.42 Å². The van der Waals surface area contributed by atoms with Gasteiger partial charge in [0.15, 0.2) is 9.84 Å². The molecule has 1 rings (SSSR count). The topological polar surface area (TPSA) is 92.4 Å². The number of aliphatic hydroxyl groups is 1. The average Bonchev–Trinajstić information content (AvgIpc) is 2.14. The third-order valence-electron chi connectivity index (χ3n) is 2.05. The van der Waals surface area contributed by atoms with E-state index in [1.54, 1.807) is 19.1 Å². The monoisotopic (exact) mass is 244 g/mol. The van der Waals surface area contributed by atoms with Gasteiger partial charge in [0.05, 0.1) is 22.4 Å². The minimum atomic E-state index is -3.32. The summed E-state index contributed by atoms with van der Waals surface area (Å²) in [6, 6.07) is 4.74. The van der Waals surface area contributed by atoms with Crippen LogP contribution in [0.5, 0.6) is 0 Å². The van der Waals surface area contributed by atoms with Crippen LogP contribution in [0.25, 0.3) is 0 Å². The molecule has 0 aliphatic carbocycles. The Labute approximate surface area is 95.2 Å². The summed E-state index contributed by atoms with van der Waals surface area (Å²) in [6.07, 6.45) is 0.582. The molecule has 0 fully saturated rings. The number of hydrogen-bond acceptors (Lipinski definition) is 5. The first kappa shape index (κ1) is 12.8. The molecule has 1 aromatic carbocycles. The van der Waals surface area contributed by atoms with E-state index in [2.05, 4.69) is 5.32 Å². The van der Waals surface area contributed by atoms with E-state index >= 15 is 0 Å². The normalized spacial score (nSPS) is 13.4. The van der Waals surface area contributed by atoms with Crippen LogP contribution in [0.4, 0.5) is 11.4 Å². The van der Waals surface area contributed by atoms with Crippen molar-refractivity contribution in [1.29, 1.82) is 0 Å². The zero-order valence-corrected chi connectivity index (χ0v) is 10.1. The van der Waals surface area contributed by atoms with Gasteiger partial charge in [-0.1, -0.05) is 6.07 Å².